The van der Waals surface area contributed by atoms with Gasteiger partial charge in [-0.1, -0.05) is 6.58 Å². The minimum atomic E-state index is -3.79. The van der Waals surface area contributed by atoms with Crippen molar-refractivity contribution >= 4 is 21.8 Å². The van der Waals surface area contributed by atoms with E-state index in [1.807, 2.05) is 0 Å². The summed E-state index contributed by atoms with van der Waals surface area (Å²) in [6.45, 7) is 3.17. The number of hydrogen-bond acceptors (Lipinski definition) is 5. The fraction of sp³-hybridized carbons (Fsp3) is 0.176. The third-order valence-corrected chi connectivity index (χ3v) is 5.61. The quantitative estimate of drug-likeness (QED) is 0.484. The molecule has 2 aromatic rings. The van der Waals surface area contributed by atoms with E-state index in [2.05, 4.69) is 11.3 Å². The van der Waals surface area contributed by atoms with E-state index in [9.17, 15) is 21.6 Å². The van der Waals surface area contributed by atoms with Crippen molar-refractivity contribution in [3.05, 3.63) is 66.1 Å². The van der Waals surface area contributed by atoms with E-state index in [1.54, 1.807) is 0 Å². The van der Waals surface area contributed by atoms with Crippen molar-refractivity contribution in [2.24, 2.45) is 5.73 Å². The fourth-order valence-electron chi connectivity index (χ4n) is 1.96. The van der Waals surface area contributed by atoms with Crippen LogP contribution in [-0.4, -0.2) is 27.3 Å². The molecule has 27 heavy (non-hydrogen) atoms. The average molecular weight is 417 g/mol. The molecule has 5 nitrogen and oxygen atoms in total. The lowest BCUT2D eigenvalue weighted by Gasteiger charge is -2.10. The van der Waals surface area contributed by atoms with Gasteiger partial charge < -0.3 is 10.5 Å². The molecule has 0 atom stereocenters. The second-order valence-electron chi connectivity index (χ2n) is 5.36. The fourth-order valence-corrected chi connectivity index (χ4v) is 3.94. The Bertz CT molecular complexity index is 897. The lowest BCUT2D eigenvalue weighted by atomic mass is 10.3. The summed E-state index contributed by atoms with van der Waals surface area (Å²) in [7, 11) is -3.79. The summed E-state index contributed by atoms with van der Waals surface area (Å²) in [6, 6.07) is 6.53. The van der Waals surface area contributed by atoms with Gasteiger partial charge >= 0.3 is 0 Å². The highest BCUT2D eigenvalue weighted by atomic mass is 32.2. The lowest BCUT2D eigenvalue weighted by molar-refractivity contribution is 0.310. The molecular weight excluding hydrogens is 400 g/mol. The van der Waals surface area contributed by atoms with E-state index in [1.165, 1.54) is 0 Å². The molecule has 10 heteroatoms. The largest absolute Gasteiger partial charge is 0.481 e. The van der Waals surface area contributed by atoms with Gasteiger partial charge in [-0.3, -0.25) is 0 Å². The summed E-state index contributed by atoms with van der Waals surface area (Å²) in [5, 5.41) is 0. The molecule has 0 aromatic heterocycles. The third kappa shape index (κ3) is 6.19. The molecule has 0 saturated carbocycles. The van der Waals surface area contributed by atoms with Crippen molar-refractivity contribution in [1.82, 2.24) is 4.72 Å². The van der Waals surface area contributed by atoms with Crippen molar-refractivity contribution in [1.29, 1.82) is 0 Å². The maximum atomic E-state index is 13.9. The highest BCUT2D eigenvalue weighted by molar-refractivity contribution is 7.99. The molecule has 0 amide bonds. The number of hydrogen-bond donors (Lipinski definition) is 2. The minimum absolute atomic E-state index is 0.0128. The molecule has 0 heterocycles. The Labute approximate surface area is 159 Å². The van der Waals surface area contributed by atoms with E-state index < -0.39 is 33.2 Å². The van der Waals surface area contributed by atoms with E-state index in [4.69, 9.17) is 10.5 Å². The lowest BCUT2D eigenvalue weighted by Crippen LogP contribution is -2.26. The topological polar surface area (TPSA) is 81.4 Å². The second-order valence-corrected chi connectivity index (χ2v) is 8.30. The number of thioether (sulfide) groups is 1. The first-order valence-corrected chi connectivity index (χ1v) is 10.1. The molecule has 0 aliphatic heterocycles. The Morgan fingerprint density at radius 3 is 2.30 bits per heavy atom. The number of ether oxygens (including phenoxy) is 1. The van der Waals surface area contributed by atoms with E-state index in [0.29, 0.717) is 0 Å². The summed E-state index contributed by atoms with van der Waals surface area (Å²) in [5.41, 5.74) is 5.42. The molecule has 0 radical (unpaired) electrons. The normalized spacial score (nSPS) is 11.4. The first-order chi connectivity index (χ1) is 12.7. The number of halogens is 3. The zero-order valence-electron chi connectivity index (χ0n) is 14.0. The number of rotatable bonds is 9. The van der Waals surface area contributed by atoms with Crippen LogP contribution in [0, 0.1) is 17.5 Å². The highest BCUT2D eigenvalue weighted by Crippen LogP contribution is 2.28. The SMILES string of the molecule is C=C(N)COc1c(F)cc(SCCNS(=O)(=O)c2ccc([18F])cc2)cc1F. The van der Waals surface area contributed by atoms with Crippen LogP contribution in [0.3, 0.4) is 0 Å². The zero-order chi connectivity index (χ0) is 20.0. The van der Waals surface area contributed by atoms with Crippen molar-refractivity contribution in [3.8, 4) is 5.75 Å². The van der Waals surface area contributed by atoms with Crippen molar-refractivity contribution in [2.45, 2.75) is 9.79 Å². The van der Waals surface area contributed by atoms with Crippen LogP contribution in [0.4, 0.5) is 13.2 Å². The first-order valence-electron chi connectivity index (χ1n) is 7.62. The maximum Gasteiger partial charge on any atom is 0.240 e. The molecule has 0 unspecified atom stereocenters. The van der Waals surface area contributed by atoms with Gasteiger partial charge in [-0.15, -0.1) is 11.8 Å². The van der Waals surface area contributed by atoms with Gasteiger partial charge in [0, 0.05) is 22.9 Å². The average Bonchev–Trinajstić information content (AvgIpc) is 2.58. The van der Waals surface area contributed by atoms with Gasteiger partial charge in [0.2, 0.25) is 10.0 Å². The molecule has 0 saturated heterocycles. The summed E-state index contributed by atoms with van der Waals surface area (Å²) in [6.07, 6.45) is 0. The number of benzene rings is 2. The number of nitrogens with one attached hydrogen (secondary N) is 1. The summed E-state index contributed by atoms with van der Waals surface area (Å²) < 4.78 is 72.0. The van der Waals surface area contributed by atoms with Crippen LogP contribution in [-0.2, 0) is 10.0 Å². The Morgan fingerprint density at radius 2 is 1.74 bits per heavy atom. The van der Waals surface area contributed by atoms with Crippen molar-refractivity contribution in [3.63, 3.8) is 0 Å². The molecule has 146 valence electrons. The van der Waals surface area contributed by atoms with Crippen LogP contribution >= 0.6 is 11.8 Å². The standard InChI is InChI=1S/C17H17F3N2O3S2/c1-11(21)10-25-17-15(19)8-13(9-16(17)20)26-7-6-22-27(23,24)14-4-2-12(18)3-5-14/h2-5,8-9,22H,1,6-7,10,21H2/i18-1. The van der Waals surface area contributed by atoms with E-state index in [-0.39, 0.29) is 34.4 Å². The van der Waals surface area contributed by atoms with E-state index in [0.717, 1.165) is 48.2 Å². The smallest absolute Gasteiger partial charge is 0.240 e. The number of nitrogens with two attached hydrogens (primary N) is 1. The molecule has 0 aliphatic rings. The van der Waals surface area contributed by atoms with Gasteiger partial charge in [0.25, 0.3) is 0 Å². The maximum absolute atomic E-state index is 13.9. The van der Waals surface area contributed by atoms with Crippen LogP contribution in [0.1, 0.15) is 0 Å². The predicted molar refractivity (Wildman–Crippen MR) is 97.5 cm³/mol. The van der Waals surface area contributed by atoms with Crippen LogP contribution in [0.25, 0.3) is 0 Å². The van der Waals surface area contributed by atoms with Gasteiger partial charge in [0.05, 0.1) is 4.90 Å². The Morgan fingerprint density at radius 1 is 1.15 bits per heavy atom. The monoisotopic (exact) mass is 417 g/mol. The van der Waals surface area contributed by atoms with Crippen LogP contribution < -0.4 is 15.2 Å². The van der Waals surface area contributed by atoms with Gasteiger partial charge in [-0.25, -0.2) is 26.3 Å². The second kappa shape index (κ2) is 9.16. The molecule has 0 aliphatic carbocycles. The number of sulfonamides is 1. The zero-order valence-corrected chi connectivity index (χ0v) is 15.7. The Kier molecular flexibility index (Phi) is 7.17. The third-order valence-electron chi connectivity index (χ3n) is 3.16. The molecule has 3 N–H and O–H groups in total. The van der Waals surface area contributed by atoms with Gasteiger partial charge in [-0.05, 0) is 36.4 Å². The van der Waals surface area contributed by atoms with Crippen molar-refractivity contribution in [2.75, 3.05) is 18.9 Å². The van der Waals surface area contributed by atoms with E-state index >= 15 is 0 Å². The van der Waals surface area contributed by atoms with Gasteiger partial charge in [0.15, 0.2) is 17.4 Å². The summed E-state index contributed by atoms with van der Waals surface area (Å²) in [4.78, 5) is 0.193. The summed E-state index contributed by atoms with van der Waals surface area (Å²) >= 11 is 1.06. The van der Waals surface area contributed by atoms with Gasteiger partial charge in [0.1, 0.15) is 12.4 Å². The molecule has 2 rings (SSSR count). The molecule has 0 bridgehead atoms. The van der Waals surface area contributed by atoms with Gasteiger partial charge in [-0.2, -0.15) is 0 Å². The first kappa shape index (κ1) is 21.1. The van der Waals surface area contributed by atoms with Crippen LogP contribution in [0.15, 0.2) is 58.5 Å². The predicted octanol–water partition coefficient (Wildman–Crippen LogP) is 3.03. The van der Waals surface area contributed by atoms with Crippen molar-refractivity contribution < 1.29 is 26.3 Å². The molecule has 0 fully saturated rings. The Hall–Kier alpha value is -2.17. The highest BCUT2D eigenvalue weighted by Gasteiger charge is 2.15. The summed E-state index contributed by atoms with van der Waals surface area (Å²) in [5.74, 6) is -2.67. The molecular formula is C17H17F3N2O3S2. The molecule has 0 spiro atoms. The van der Waals surface area contributed by atoms with Crippen LogP contribution in [0.2, 0.25) is 0 Å². The minimum Gasteiger partial charge on any atom is -0.481 e. The molecule has 2 aromatic carbocycles. The van der Waals surface area contributed by atoms with Crippen LogP contribution in [0.5, 0.6) is 5.75 Å². The Balaban J connectivity index is 1.91.